The summed E-state index contributed by atoms with van der Waals surface area (Å²) in [6, 6.07) is 7.27. The summed E-state index contributed by atoms with van der Waals surface area (Å²) in [4.78, 5) is 24.9. The fraction of sp³-hybridized carbons (Fsp3) is 0.438. The Morgan fingerprint density at radius 1 is 1.17 bits per heavy atom. The molecule has 0 spiro atoms. The van der Waals surface area contributed by atoms with Gasteiger partial charge in [0.1, 0.15) is 5.75 Å². The number of quaternary nitrogens is 1. The van der Waals surface area contributed by atoms with Crippen molar-refractivity contribution in [1.82, 2.24) is 10.7 Å². The Morgan fingerprint density at radius 3 is 2.43 bits per heavy atom. The van der Waals surface area contributed by atoms with Crippen LogP contribution < -0.4 is 20.4 Å². The predicted octanol–water partition coefficient (Wildman–Crippen LogP) is -0.908. The fourth-order valence-corrected chi connectivity index (χ4v) is 2.26. The summed E-state index contributed by atoms with van der Waals surface area (Å²) in [5.41, 5.74) is 4.15. The second kappa shape index (κ2) is 8.28. The first kappa shape index (κ1) is 17.0. The summed E-state index contributed by atoms with van der Waals surface area (Å²) in [7, 11) is 3.72. The molecule has 23 heavy (non-hydrogen) atoms. The Morgan fingerprint density at radius 2 is 1.83 bits per heavy atom. The highest BCUT2D eigenvalue weighted by atomic mass is 16.5. The number of methoxy groups -OCH3 is 1. The highest BCUT2D eigenvalue weighted by Gasteiger charge is 2.16. The van der Waals surface area contributed by atoms with Crippen molar-refractivity contribution in [2.24, 2.45) is 5.10 Å². The molecule has 0 unspecified atom stereocenters. The van der Waals surface area contributed by atoms with Gasteiger partial charge in [-0.3, -0.25) is 9.59 Å². The van der Waals surface area contributed by atoms with Crippen LogP contribution in [0.3, 0.4) is 0 Å². The Bertz CT molecular complexity index is 573. The van der Waals surface area contributed by atoms with Crippen LogP contribution >= 0.6 is 0 Å². The molecule has 0 bridgehead atoms. The van der Waals surface area contributed by atoms with Crippen LogP contribution in [0, 0.1) is 0 Å². The number of carbonyl (C=O) groups is 2. The van der Waals surface area contributed by atoms with Crippen LogP contribution in [0.25, 0.3) is 0 Å². The van der Waals surface area contributed by atoms with E-state index in [1.54, 1.807) is 19.2 Å². The second-order valence-electron chi connectivity index (χ2n) is 5.61. The largest absolute Gasteiger partial charge is 0.497 e. The molecule has 1 aromatic carbocycles. The van der Waals surface area contributed by atoms with E-state index < -0.39 is 11.8 Å². The van der Waals surface area contributed by atoms with Crippen molar-refractivity contribution in [3.8, 4) is 5.75 Å². The van der Waals surface area contributed by atoms with Crippen molar-refractivity contribution < 1.29 is 19.2 Å². The van der Waals surface area contributed by atoms with Gasteiger partial charge in [0.25, 0.3) is 0 Å². The zero-order valence-corrected chi connectivity index (χ0v) is 13.5. The average Bonchev–Trinajstić information content (AvgIpc) is 2.59. The minimum Gasteiger partial charge on any atom is -0.497 e. The molecule has 0 atom stereocenters. The molecule has 2 rings (SSSR count). The van der Waals surface area contributed by atoms with Crippen LogP contribution in [0.5, 0.6) is 5.75 Å². The first-order valence-corrected chi connectivity index (χ1v) is 7.66. The van der Waals surface area contributed by atoms with Gasteiger partial charge in [0.05, 0.1) is 27.2 Å². The topological polar surface area (TPSA) is 84.2 Å². The molecule has 124 valence electrons. The van der Waals surface area contributed by atoms with E-state index in [-0.39, 0.29) is 6.54 Å². The number of rotatable bonds is 4. The molecular weight excluding hydrogens is 296 g/mol. The average molecular weight is 319 g/mol. The molecule has 0 radical (unpaired) electrons. The van der Waals surface area contributed by atoms with E-state index in [9.17, 15) is 9.59 Å². The molecule has 7 heteroatoms. The van der Waals surface area contributed by atoms with Crippen molar-refractivity contribution >= 4 is 17.5 Å². The number of likely N-dealkylation sites (tertiary alicyclic amines) is 1. The Hall–Kier alpha value is -2.41. The number of hydrogen-bond acceptors (Lipinski definition) is 4. The third-order valence-corrected chi connectivity index (χ3v) is 3.81. The van der Waals surface area contributed by atoms with Crippen LogP contribution in [0.4, 0.5) is 0 Å². The van der Waals surface area contributed by atoms with Gasteiger partial charge in [-0.1, -0.05) is 12.1 Å². The van der Waals surface area contributed by atoms with E-state index in [2.05, 4.69) is 22.9 Å². The summed E-state index contributed by atoms with van der Waals surface area (Å²) in [6.07, 6.45) is 1.69. The van der Waals surface area contributed by atoms with Gasteiger partial charge >= 0.3 is 11.8 Å². The van der Waals surface area contributed by atoms with E-state index in [4.69, 9.17) is 4.74 Å². The number of hydrazone groups is 1. The number of piperidine rings is 1. The lowest BCUT2D eigenvalue weighted by Crippen LogP contribution is -3.10. The summed E-state index contributed by atoms with van der Waals surface area (Å²) >= 11 is 0. The summed E-state index contributed by atoms with van der Waals surface area (Å²) < 4.78 is 5.06. The standard InChI is InChI=1S/C16H22N4O3/c1-20-9-7-13(8-10-20)18-19-16(22)15(21)17-11-12-3-5-14(23-2)6-4-12/h3-6H,7-11H2,1-2H3,(H,17,21)(H,19,22)/p+1. The van der Waals surface area contributed by atoms with Crippen molar-refractivity contribution in [2.75, 3.05) is 27.2 Å². The fourth-order valence-electron chi connectivity index (χ4n) is 2.26. The quantitative estimate of drug-likeness (QED) is 0.496. The molecule has 2 amide bonds. The maximum Gasteiger partial charge on any atom is 0.329 e. The van der Waals surface area contributed by atoms with E-state index in [1.807, 2.05) is 12.1 Å². The van der Waals surface area contributed by atoms with Crippen molar-refractivity contribution in [3.63, 3.8) is 0 Å². The highest BCUT2D eigenvalue weighted by molar-refractivity contribution is 6.35. The SMILES string of the molecule is COc1ccc(CNC(=O)C(=O)NN=C2CC[NH+](C)CC2)cc1. The lowest BCUT2D eigenvalue weighted by Gasteiger charge is -2.20. The number of nitrogens with zero attached hydrogens (tertiary/aromatic N) is 1. The molecule has 1 aliphatic heterocycles. The smallest absolute Gasteiger partial charge is 0.329 e. The number of carbonyl (C=O) groups excluding carboxylic acids is 2. The van der Waals surface area contributed by atoms with E-state index in [1.165, 1.54) is 4.90 Å². The zero-order valence-electron chi connectivity index (χ0n) is 13.5. The predicted molar refractivity (Wildman–Crippen MR) is 86.3 cm³/mol. The van der Waals surface area contributed by atoms with Crippen LogP contribution in [0.1, 0.15) is 18.4 Å². The molecule has 3 N–H and O–H groups in total. The second-order valence-corrected chi connectivity index (χ2v) is 5.61. The maximum absolute atomic E-state index is 11.7. The monoisotopic (exact) mass is 319 g/mol. The molecule has 1 fully saturated rings. The van der Waals surface area contributed by atoms with Gasteiger partial charge in [-0.15, -0.1) is 0 Å². The van der Waals surface area contributed by atoms with Gasteiger partial charge in [0, 0.05) is 25.1 Å². The number of ether oxygens (including phenoxy) is 1. The van der Waals surface area contributed by atoms with Crippen molar-refractivity contribution in [1.29, 1.82) is 0 Å². The number of nitrogens with one attached hydrogen (secondary N) is 3. The molecular formula is C16H23N4O3+. The third-order valence-electron chi connectivity index (χ3n) is 3.81. The lowest BCUT2D eigenvalue weighted by molar-refractivity contribution is -0.880. The van der Waals surface area contributed by atoms with Crippen LogP contribution in [-0.2, 0) is 16.1 Å². The molecule has 1 heterocycles. The summed E-state index contributed by atoms with van der Waals surface area (Å²) in [6.45, 7) is 2.28. The number of amides is 2. The van der Waals surface area contributed by atoms with Gasteiger partial charge in [-0.25, -0.2) is 5.43 Å². The Kier molecular flexibility index (Phi) is 6.10. The Labute approximate surface area is 135 Å². The first-order valence-electron chi connectivity index (χ1n) is 7.66. The van der Waals surface area contributed by atoms with E-state index >= 15 is 0 Å². The minimum atomic E-state index is -0.739. The molecule has 0 aliphatic carbocycles. The number of benzene rings is 1. The minimum absolute atomic E-state index is 0.279. The van der Waals surface area contributed by atoms with E-state index in [0.717, 1.165) is 43.0 Å². The van der Waals surface area contributed by atoms with E-state index in [0.29, 0.717) is 0 Å². The zero-order chi connectivity index (χ0) is 16.7. The summed E-state index contributed by atoms with van der Waals surface area (Å²) in [5, 5.41) is 6.61. The van der Waals surface area contributed by atoms with Crippen molar-refractivity contribution in [3.05, 3.63) is 29.8 Å². The van der Waals surface area contributed by atoms with Crippen LogP contribution in [-0.4, -0.2) is 44.8 Å². The Balaban J connectivity index is 1.76. The molecule has 0 aromatic heterocycles. The van der Waals surface area contributed by atoms with Crippen molar-refractivity contribution in [2.45, 2.75) is 19.4 Å². The van der Waals surface area contributed by atoms with Gasteiger partial charge in [0.2, 0.25) is 0 Å². The molecule has 7 nitrogen and oxygen atoms in total. The molecule has 1 saturated heterocycles. The van der Waals surface area contributed by atoms with Crippen LogP contribution in [0.15, 0.2) is 29.4 Å². The van der Waals surface area contributed by atoms with Crippen LogP contribution in [0.2, 0.25) is 0 Å². The van der Waals surface area contributed by atoms with Gasteiger partial charge in [0.15, 0.2) is 0 Å². The lowest BCUT2D eigenvalue weighted by atomic mass is 10.1. The molecule has 1 aliphatic rings. The molecule has 1 aromatic rings. The maximum atomic E-state index is 11.7. The van der Waals surface area contributed by atoms with Gasteiger partial charge < -0.3 is 15.0 Å². The van der Waals surface area contributed by atoms with Gasteiger partial charge in [-0.05, 0) is 17.7 Å². The normalized spacial score (nSPS) is 17.3. The summed E-state index contributed by atoms with van der Waals surface area (Å²) in [5.74, 6) is -0.686. The third kappa shape index (κ3) is 5.37. The van der Waals surface area contributed by atoms with Gasteiger partial charge in [-0.2, -0.15) is 5.10 Å². The first-order chi connectivity index (χ1) is 11.1. The molecule has 0 saturated carbocycles. The number of hydrogen-bond donors (Lipinski definition) is 3. The highest BCUT2D eigenvalue weighted by Crippen LogP contribution is 2.10.